The Bertz CT molecular complexity index is 1100. The van der Waals surface area contributed by atoms with Gasteiger partial charge in [-0.25, -0.2) is 9.37 Å². The van der Waals surface area contributed by atoms with Crippen molar-refractivity contribution in [2.24, 2.45) is 0 Å². The highest BCUT2D eigenvalue weighted by Crippen LogP contribution is 2.23. The van der Waals surface area contributed by atoms with E-state index in [1.54, 1.807) is 36.0 Å². The molecule has 2 aliphatic rings. The molecule has 9 nitrogen and oxygen atoms in total. The van der Waals surface area contributed by atoms with Crippen LogP contribution >= 0.6 is 0 Å². The van der Waals surface area contributed by atoms with Gasteiger partial charge in [-0.2, -0.15) is 9.61 Å². The summed E-state index contributed by atoms with van der Waals surface area (Å²) in [6, 6.07) is 5.33. The molecule has 1 amide bonds. The lowest BCUT2D eigenvalue weighted by molar-refractivity contribution is 0.0918. The quantitative estimate of drug-likeness (QED) is 0.511. The predicted octanol–water partition coefficient (Wildman–Crippen LogP) is 2.60. The van der Waals surface area contributed by atoms with E-state index in [1.807, 2.05) is 0 Å². The Morgan fingerprint density at radius 1 is 1.30 bits per heavy atom. The third kappa shape index (κ3) is 4.42. The first-order chi connectivity index (χ1) is 14.5. The lowest BCUT2D eigenvalue weighted by Gasteiger charge is -2.26. The second-order valence-electron chi connectivity index (χ2n) is 7.38. The number of hydrogen-bond acceptors (Lipinski definition) is 6. The minimum atomic E-state index is -0.417. The zero-order valence-corrected chi connectivity index (χ0v) is 16.6. The highest BCUT2D eigenvalue weighted by atomic mass is 19.1. The molecule has 0 radical (unpaired) electrons. The molecule has 0 atom stereocenters. The molecule has 5 rings (SSSR count). The molecule has 0 bridgehead atoms. The Labute approximate surface area is 172 Å². The van der Waals surface area contributed by atoms with Gasteiger partial charge < -0.3 is 20.9 Å². The Kier molecular flexibility index (Phi) is 5.64. The minimum Gasteiger partial charge on any atom is -0.373 e. The van der Waals surface area contributed by atoms with Crippen molar-refractivity contribution in [1.82, 2.24) is 24.9 Å². The fourth-order valence-electron chi connectivity index (χ4n) is 2.90. The molecular formula is C20H24FN7O2. The molecule has 0 aliphatic heterocycles. The van der Waals surface area contributed by atoms with Crippen LogP contribution in [0.5, 0.6) is 0 Å². The average molecular weight is 413 g/mol. The number of carbonyl (C=O) groups is 1. The van der Waals surface area contributed by atoms with Crippen LogP contribution in [0.25, 0.3) is 5.65 Å². The topological polar surface area (TPSA) is 116 Å². The van der Waals surface area contributed by atoms with Crippen LogP contribution in [0.1, 0.15) is 42.5 Å². The zero-order chi connectivity index (χ0) is 21.1. The van der Waals surface area contributed by atoms with Crippen LogP contribution in [0.2, 0.25) is 0 Å². The second kappa shape index (κ2) is 8.52. The number of hydrogen-bond donors (Lipinski definition) is 4. The van der Waals surface area contributed by atoms with Crippen molar-refractivity contribution in [3.05, 3.63) is 46.5 Å². The van der Waals surface area contributed by atoms with E-state index in [4.69, 9.17) is 0 Å². The summed E-state index contributed by atoms with van der Waals surface area (Å²) >= 11 is 0. The summed E-state index contributed by atoms with van der Waals surface area (Å²) in [5.74, 6) is 0.901. The normalized spacial score (nSPS) is 15.7. The van der Waals surface area contributed by atoms with E-state index in [9.17, 15) is 14.0 Å². The number of nitrogens with one attached hydrogen (secondary N) is 4. The van der Waals surface area contributed by atoms with E-state index in [0.29, 0.717) is 28.5 Å². The number of fused-ring (bicyclic) bond motifs is 1. The van der Waals surface area contributed by atoms with Crippen LogP contribution in [0.15, 0.2) is 35.4 Å². The minimum absolute atomic E-state index is 0.186. The van der Waals surface area contributed by atoms with Crippen molar-refractivity contribution in [2.75, 3.05) is 17.7 Å². The zero-order valence-electron chi connectivity index (χ0n) is 16.6. The predicted molar refractivity (Wildman–Crippen MR) is 112 cm³/mol. The summed E-state index contributed by atoms with van der Waals surface area (Å²) < 4.78 is 12.7. The number of amides is 1. The SMILES string of the molecule is CNc1cc(Nc2ccc[nH]c2=O)nc2c(C(=O)NC3CCC3)cnn12.FC1CC1. The van der Waals surface area contributed by atoms with Gasteiger partial charge in [-0.15, -0.1) is 0 Å². The Hall–Kier alpha value is -3.43. The molecular weight excluding hydrogens is 389 g/mol. The van der Waals surface area contributed by atoms with Crippen molar-refractivity contribution < 1.29 is 9.18 Å². The van der Waals surface area contributed by atoms with Gasteiger partial charge in [0.2, 0.25) is 0 Å². The highest BCUT2D eigenvalue weighted by molar-refractivity contribution is 6.00. The van der Waals surface area contributed by atoms with Crippen molar-refractivity contribution in [3.8, 4) is 0 Å². The lowest BCUT2D eigenvalue weighted by atomic mass is 9.93. The van der Waals surface area contributed by atoms with Crippen LogP contribution in [0, 0.1) is 0 Å². The Balaban J connectivity index is 0.000000489. The molecule has 4 N–H and O–H groups in total. The lowest BCUT2D eigenvalue weighted by Crippen LogP contribution is -2.39. The van der Waals surface area contributed by atoms with Gasteiger partial charge in [-0.05, 0) is 44.2 Å². The number of pyridine rings is 1. The Morgan fingerprint density at radius 3 is 2.67 bits per heavy atom. The molecule has 2 aliphatic carbocycles. The summed E-state index contributed by atoms with van der Waals surface area (Å²) in [7, 11) is 1.75. The molecule has 0 unspecified atom stereocenters. The summed E-state index contributed by atoms with van der Waals surface area (Å²) in [4.78, 5) is 31.5. The molecule has 158 valence electrons. The van der Waals surface area contributed by atoms with Gasteiger partial charge in [0, 0.05) is 25.4 Å². The summed E-state index contributed by atoms with van der Waals surface area (Å²) in [5.41, 5.74) is 0.936. The first-order valence-electron chi connectivity index (χ1n) is 10.0. The van der Waals surface area contributed by atoms with E-state index in [-0.39, 0.29) is 17.5 Å². The van der Waals surface area contributed by atoms with Crippen molar-refractivity contribution in [1.29, 1.82) is 0 Å². The van der Waals surface area contributed by atoms with Crippen LogP contribution in [-0.2, 0) is 0 Å². The van der Waals surface area contributed by atoms with Crippen LogP contribution < -0.4 is 21.5 Å². The monoisotopic (exact) mass is 413 g/mol. The summed E-state index contributed by atoms with van der Waals surface area (Å²) in [6.07, 6.45) is 7.44. The van der Waals surface area contributed by atoms with Crippen LogP contribution in [0.3, 0.4) is 0 Å². The fourth-order valence-corrected chi connectivity index (χ4v) is 2.90. The maximum absolute atomic E-state index is 12.5. The third-order valence-electron chi connectivity index (χ3n) is 5.00. The Morgan fingerprint density at radius 2 is 2.07 bits per heavy atom. The van der Waals surface area contributed by atoms with E-state index in [1.165, 1.54) is 6.20 Å². The molecule has 2 fully saturated rings. The van der Waals surface area contributed by atoms with E-state index in [2.05, 4.69) is 31.0 Å². The third-order valence-corrected chi connectivity index (χ3v) is 5.00. The molecule has 3 aromatic rings. The van der Waals surface area contributed by atoms with Crippen LogP contribution in [-0.4, -0.2) is 44.8 Å². The number of halogens is 1. The van der Waals surface area contributed by atoms with Gasteiger partial charge in [-0.1, -0.05) is 0 Å². The number of rotatable bonds is 5. The van der Waals surface area contributed by atoms with E-state index >= 15 is 0 Å². The molecule has 0 saturated heterocycles. The number of alkyl halides is 1. The number of aromatic nitrogens is 4. The van der Waals surface area contributed by atoms with Gasteiger partial charge in [0.05, 0.1) is 6.20 Å². The van der Waals surface area contributed by atoms with E-state index in [0.717, 1.165) is 32.1 Å². The summed E-state index contributed by atoms with van der Waals surface area (Å²) in [6.45, 7) is 0. The molecule has 3 heterocycles. The highest BCUT2D eigenvalue weighted by Gasteiger charge is 2.23. The van der Waals surface area contributed by atoms with Gasteiger partial charge in [0.15, 0.2) is 5.65 Å². The molecule has 3 aromatic heterocycles. The second-order valence-corrected chi connectivity index (χ2v) is 7.38. The van der Waals surface area contributed by atoms with Gasteiger partial charge in [0.1, 0.15) is 29.1 Å². The number of nitrogens with zero attached hydrogens (tertiary/aromatic N) is 3. The largest absolute Gasteiger partial charge is 0.373 e. The maximum atomic E-state index is 12.5. The van der Waals surface area contributed by atoms with Crippen LogP contribution in [0.4, 0.5) is 21.7 Å². The van der Waals surface area contributed by atoms with Crippen molar-refractivity contribution >= 4 is 28.9 Å². The van der Waals surface area contributed by atoms with E-state index < -0.39 is 6.17 Å². The molecule has 0 aromatic carbocycles. The molecule has 0 spiro atoms. The first kappa shape index (κ1) is 19.9. The molecule has 2 saturated carbocycles. The molecule has 30 heavy (non-hydrogen) atoms. The summed E-state index contributed by atoms with van der Waals surface area (Å²) in [5, 5.41) is 13.3. The standard InChI is InChI=1S/C17H19N7O2.C3H5F/c1-18-14-8-13(22-12-6-3-7-19-17(12)26)23-15-11(9-20-24(14)15)16(25)21-10-4-2-5-10;4-3-1-2-3/h3,6-10,18H,2,4-5H2,1H3,(H,19,26)(H,21,25)(H,22,23);3H,1-2H2. The number of aromatic amines is 1. The maximum Gasteiger partial charge on any atom is 0.271 e. The first-order valence-corrected chi connectivity index (χ1v) is 10.0. The van der Waals surface area contributed by atoms with Gasteiger partial charge in [-0.3, -0.25) is 9.59 Å². The number of anilines is 3. The smallest absolute Gasteiger partial charge is 0.271 e. The van der Waals surface area contributed by atoms with Crippen molar-refractivity contribution in [2.45, 2.75) is 44.3 Å². The van der Waals surface area contributed by atoms with Gasteiger partial charge in [0.25, 0.3) is 11.5 Å². The fraction of sp³-hybridized carbons (Fsp3) is 0.400. The van der Waals surface area contributed by atoms with Crippen molar-refractivity contribution in [3.63, 3.8) is 0 Å². The molecule has 10 heteroatoms. The number of carbonyl (C=O) groups excluding carboxylic acids is 1. The average Bonchev–Trinajstić information content (AvgIpc) is 3.37. The number of H-pyrrole nitrogens is 1. The van der Waals surface area contributed by atoms with Gasteiger partial charge >= 0.3 is 0 Å².